The van der Waals surface area contributed by atoms with Crippen molar-refractivity contribution in [2.24, 2.45) is 0 Å². The van der Waals surface area contributed by atoms with Crippen LogP contribution in [0.25, 0.3) is 0 Å². The van der Waals surface area contributed by atoms with Crippen LogP contribution < -0.4 is 5.32 Å². The number of hydrogen-bond donors (Lipinski definition) is 1. The smallest absolute Gasteiger partial charge is 0.224 e. The molecule has 0 aromatic rings. The summed E-state index contributed by atoms with van der Waals surface area (Å²) < 4.78 is 0. The van der Waals surface area contributed by atoms with E-state index in [2.05, 4.69) is 18.8 Å². The average Bonchev–Trinajstić information content (AvgIpc) is 1.97. The number of carbonyl (C=O) groups is 1. The lowest BCUT2D eigenvalue weighted by Crippen LogP contribution is -2.24. The van der Waals surface area contributed by atoms with Crippen LogP contribution in [0.1, 0.15) is 39.5 Å². The van der Waals surface area contributed by atoms with Gasteiger partial charge in [0.2, 0.25) is 5.91 Å². The first-order valence-electron chi connectivity index (χ1n) is 4.58. The van der Waals surface area contributed by atoms with Crippen LogP contribution in [0.15, 0.2) is 12.2 Å². The van der Waals surface area contributed by atoms with Gasteiger partial charge in [0.25, 0.3) is 0 Å². The highest BCUT2D eigenvalue weighted by atomic mass is 16.1. The Morgan fingerprint density at radius 3 is 2.58 bits per heavy atom. The molecule has 0 aliphatic carbocycles. The summed E-state index contributed by atoms with van der Waals surface area (Å²) in [5.41, 5.74) is 0.919. The molecule has 0 heterocycles. The molecule has 0 aromatic heterocycles. The lowest BCUT2D eigenvalue weighted by atomic mass is 10.2. The summed E-state index contributed by atoms with van der Waals surface area (Å²) in [5, 5.41) is 2.85. The van der Waals surface area contributed by atoms with E-state index in [1.54, 1.807) is 0 Å². The predicted molar refractivity (Wildman–Crippen MR) is 52.0 cm³/mol. The number of nitrogens with one attached hydrogen (secondary N) is 1. The maximum Gasteiger partial charge on any atom is 0.224 e. The van der Waals surface area contributed by atoms with Crippen LogP contribution in [0.2, 0.25) is 0 Å². The fraction of sp³-hybridized carbons (Fsp3) is 0.700. The molecule has 0 bridgehead atoms. The van der Waals surface area contributed by atoms with Crippen LogP contribution in [0, 0.1) is 0 Å². The summed E-state index contributed by atoms with van der Waals surface area (Å²) in [5.74, 6) is 0.0959. The molecule has 12 heavy (non-hydrogen) atoms. The van der Waals surface area contributed by atoms with Crippen molar-refractivity contribution < 1.29 is 4.79 Å². The Hall–Kier alpha value is -0.790. The second-order valence-corrected chi connectivity index (χ2v) is 3.19. The molecule has 0 spiro atoms. The van der Waals surface area contributed by atoms with Gasteiger partial charge >= 0.3 is 0 Å². The Bertz CT molecular complexity index is 152. The third kappa shape index (κ3) is 7.32. The van der Waals surface area contributed by atoms with E-state index in [1.165, 1.54) is 12.8 Å². The first-order valence-corrected chi connectivity index (χ1v) is 4.58. The van der Waals surface area contributed by atoms with E-state index in [9.17, 15) is 4.79 Å². The minimum absolute atomic E-state index is 0.0959. The van der Waals surface area contributed by atoms with Gasteiger partial charge in [0.15, 0.2) is 0 Å². The Kier molecular flexibility index (Phi) is 6.44. The largest absolute Gasteiger partial charge is 0.356 e. The van der Waals surface area contributed by atoms with Crippen LogP contribution >= 0.6 is 0 Å². The highest BCUT2D eigenvalue weighted by molar-refractivity contribution is 5.78. The molecule has 2 nitrogen and oxygen atoms in total. The van der Waals surface area contributed by atoms with Gasteiger partial charge in [-0.2, -0.15) is 0 Å². The fourth-order valence-electron chi connectivity index (χ4n) is 0.939. The summed E-state index contributed by atoms with van der Waals surface area (Å²) in [6, 6.07) is 0. The molecule has 70 valence electrons. The molecular formula is C10H19NO. The number of unbranched alkanes of at least 4 members (excludes halogenated alkanes) is 2. The van der Waals surface area contributed by atoms with Crippen molar-refractivity contribution in [2.75, 3.05) is 6.54 Å². The lowest BCUT2D eigenvalue weighted by Gasteiger charge is -2.03. The van der Waals surface area contributed by atoms with Gasteiger partial charge in [-0.3, -0.25) is 4.79 Å². The van der Waals surface area contributed by atoms with E-state index in [1.807, 2.05) is 6.92 Å². The van der Waals surface area contributed by atoms with Gasteiger partial charge in [-0.05, 0) is 13.3 Å². The van der Waals surface area contributed by atoms with Gasteiger partial charge < -0.3 is 5.32 Å². The highest BCUT2D eigenvalue weighted by Crippen LogP contribution is 1.95. The van der Waals surface area contributed by atoms with Crippen molar-refractivity contribution in [1.82, 2.24) is 5.32 Å². The molecule has 0 atom stereocenters. The van der Waals surface area contributed by atoms with Crippen molar-refractivity contribution in [3.05, 3.63) is 12.2 Å². The summed E-state index contributed by atoms with van der Waals surface area (Å²) in [6.07, 6.45) is 3.92. The second kappa shape index (κ2) is 6.89. The fourth-order valence-corrected chi connectivity index (χ4v) is 0.939. The van der Waals surface area contributed by atoms with Crippen molar-refractivity contribution >= 4 is 5.91 Å². The summed E-state index contributed by atoms with van der Waals surface area (Å²) >= 11 is 0. The molecule has 0 saturated heterocycles. The van der Waals surface area contributed by atoms with E-state index >= 15 is 0 Å². The number of hydrogen-bond acceptors (Lipinski definition) is 1. The van der Waals surface area contributed by atoms with Gasteiger partial charge in [0, 0.05) is 13.0 Å². The molecule has 1 N–H and O–H groups in total. The molecule has 0 aliphatic heterocycles. The zero-order valence-corrected chi connectivity index (χ0v) is 8.15. The summed E-state index contributed by atoms with van der Waals surface area (Å²) in [4.78, 5) is 11.0. The molecule has 1 amide bonds. The SMILES string of the molecule is C=C(C)CC(=O)NCCCCC. The molecule has 0 radical (unpaired) electrons. The van der Waals surface area contributed by atoms with Gasteiger partial charge in [0.1, 0.15) is 0 Å². The van der Waals surface area contributed by atoms with Gasteiger partial charge in [-0.25, -0.2) is 0 Å². The minimum atomic E-state index is 0.0959. The monoisotopic (exact) mass is 169 g/mol. The van der Waals surface area contributed by atoms with Gasteiger partial charge in [-0.1, -0.05) is 31.9 Å². The quantitative estimate of drug-likeness (QED) is 0.479. The Morgan fingerprint density at radius 1 is 1.42 bits per heavy atom. The highest BCUT2D eigenvalue weighted by Gasteiger charge is 1.98. The maximum absolute atomic E-state index is 11.0. The van der Waals surface area contributed by atoms with Crippen molar-refractivity contribution in [2.45, 2.75) is 39.5 Å². The minimum Gasteiger partial charge on any atom is -0.356 e. The van der Waals surface area contributed by atoms with E-state index in [0.717, 1.165) is 18.5 Å². The van der Waals surface area contributed by atoms with Crippen LogP contribution in [-0.4, -0.2) is 12.5 Å². The van der Waals surface area contributed by atoms with E-state index < -0.39 is 0 Å². The molecule has 0 saturated carbocycles. The molecule has 0 rings (SSSR count). The third-order valence-corrected chi connectivity index (χ3v) is 1.56. The van der Waals surface area contributed by atoms with Gasteiger partial charge in [-0.15, -0.1) is 0 Å². The normalized spacial score (nSPS) is 9.50. The van der Waals surface area contributed by atoms with E-state index in [0.29, 0.717) is 6.42 Å². The summed E-state index contributed by atoms with van der Waals surface area (Å²) in [7, 11) is 0. The Balaban J connectivity index is 3.26. The van der Waals surface area contributed by atoms with Crippen LogP contribution in [0.4, 0.5) is 0 Å². The third-order valence-electron chi connectivity index (χ3n) is 1.56. The maximum atomic E-state index is 11.0. The lowest BCUT2D eigenvalue weighted by molar-refractivity contribution is -0.120. The topological polar surface area (TPSA) is 29.1 Å². The van der Waals surface area contributed by atoms with Crippen LogP contribution in [-0.2, 0) is 4.79 Å². The summed E-state index contributed by atoms with van der Waals surface area (Å²) in [6.45, 7) is 8.50. The average molecular weight is 169 g/mol. The molecule has 0 unspecified atom stereocenters. The van der Waals surface area contributed by atoms with Crippen molar-refractivity contribution in [3.63, 3.8) is 0 Å². The van der Waals surface area contributed by atoms with Crippen molar-refractivity contribution in [1.29, 1.82) is 0 Å². The first-order chi connectivity index (χ1) is 5.66. The number of amides is 1. The van der Waals surface area contributed by atoms with Crippen LogP contribution in [0.5, 0.6) is 0 Å². The molecule has 0 fully saturated rings. The second-order valence-electron chi connectivity index (χ2n) is 3.19. The Labute approximate surface area is 75.0 Å². The first kappa shape index (κ1) is 11.2. The number of carbonyl (C=O) groups excluding carboxylic acids is 1. The molecule has 0 aliphatic rings. The van der Waals surface area contributed by atoms with Crippen molar-refractivity contribution in [3.8, 4) is 0 Å². The molecule has 0 aromatic carbocycles. The van der Waals surface area contributed by atoms with Gasteiger partial charge in [0.05, 0.1) is 0 Å². The predicted octanol–water partition coefficient (Wildman–Crippen LogP) is 2.26. The van der Waals surface area contributed by atoms with E-state index in [-0.39, 0.29) is 5.91 Å². The Morgan fingerprint density at radius 2 is 2.08 bits per heavy atom. The van der Waals surface area contributed by atoms with Crippen LogP contribution in [0.3, 0.4) is 0 Å². The molecular weight excluding hydrogens is 150 g/mol. The van der Waals surface area contributed by atoms with E-state index in [4.69, 9.17) is 0 Å². The standard InChI is InChI=1S/C10H19NO/c1-4-5-6-7-11-10(12)8-9(2)3/h2,4-8H2,1,3H3,(H,11,12). The zero-order valence-electron chi connectivity index (χ0n) is 8.15. The number of rotatable bonds is 6. The molecule has 2 heteroatoms. The zero-order chi connectivity index (χ0) is 9.40.